The predicted molar refractivity (Wildman–Crippen MR) is 38.0 cm³/mol. The molecule has 2 rings (SSSR count). The lowest BCUT2D eigenvalue weighted by atomic mass is 10.1. The van der Waals surface area contributed by atoms with Gasteiger partial charge in [0, 0.05) is 11.5 Å². The number of nitrogens with zero attached hydrogens (tertiary/aromatic N) is 1. The van der Waals surface area contributed by atoms with E-state index in [1.54, 1.807) is 0 Å². The molecule has 0 saturated carbocycles. The van der Waals surface area contributed by atoms with E-state index >= 15 is 0 Å². The molecule has 0 saturated heterocycles. The summed E-state index contributed by atoms with van der Waals surface area (Å²) in [6, 6.07) is 0. The van der Waals surface area contributed by atoms with Gasteiger partial charge in [-0.2, -0.15) is 0 Å². The monoisotopic (exact) mass is 137 g/mol. The third-order valence-corrected chi connectivity index (χ3v) is 2.29. The van der Waals surface area contributed by atoms with Crippen LogP contribution in [-0.4, -0.2) is 5.16 Å². The minimum Gasteiger partial charge on any atom is -0.361 e. The lowest BCUT2D eigenvalue weighted by Crippen LogP contribution is -1.81. The van der Waals surface area contributed by atoms with Gasteiger partial charge < -0.3 is 4.52 Å². The maximum Gasteiger partial charge on any atom is 0.142 e. The van der Waals surface area contributed by atoms with Gasteiger partial charge in [-0.1, -0.05) is 12.1 Å². The molecule has 1 unspecified atom stereocenters. The number of fused-ring (bicyclic) bond motifs is 1. The summed E-state index contributed by atoms with van der Waals surface area (Å²) in [7, 11) is 0. The molecule has 0 spiro atoms. The average Bonchev–Trinajstić information content (AvgIpc) is 2.41. The van der Waals surface area contributed by atoms with E-state index in [9.17, 15) is 0 Å². The number of aromatic nitrogens is 1. The van der Waals surface area contributed by atoms with Crippen molar-refractivity contribution in [3.8, 4) is 0 Å². The summed E-state index contributed by atoms with van der Waals surface area (Å²) in [5.41, 5.74) is 2.44. The van der Waals surface area contributed by atoms with Gasteiger partial charge in [0.05, 0.1) is 5.69 Å². The molecule has 54 valence electrons. The van der Waals surface area contributed by atoms with E-state index in [4.69, 9.17) is 4.52 Å². The van der Waals surface area contributed by atoms with E-state index in [0.29, 0.717) is 5.92 Å². The van der Waals surface area contributed by atoms with E-state index in [0.717, 1.165) is 17.9 Å². The minimum absolute atomic E-state index is 0.594. The summed E-state index contributed by atoms with van der Waals surface area (Å²) in [6.45, 7) is 4.21. The van der Waals surface area contributed by atoms with Crippen molar-refractivity contribution in [3.63, 3.8) is 0 Å². The first-order chi connectivity index (χ1) is 4.79. The van der Waals surface area contributed by atoms with Crippen LogP contribution in [0.2, 0.25) is 0 Å². The molecule has 0 bridgehead atoms. The van der Waals surface area contributed by atoms with Crippen LogP contribution in [-0.2, 0) is 6.42 Å². The molecule has 1 aliphatic rings. The molecular formula is C8H11NO. The fraction of sp³-hybridized carbons (Fsp3) is 0.625. The molecule has 1 heterocycles. The van der Waals surface area contributed by atoms with E-state index in [1.165, 1.54) is 12.0 Å². The Morgan fingerprint density at radius 1 is 1.60 bits per heavy atom. The Kier molecular flexibility index (Phi) is 1.10. The molecule has 1 aromatic rings. The zero-order chi connectivity index (χ0) is 7.14. The topological polar surface area (TPSA) is 26.0 Å². The molecule has 2 heteroatoms. The van der Waals surface area contributed by atoms with Crippen LogP contribution >= 0.6 is 0 Å². The van der Waals surface area contributed by atoms with Crippen LogP contribution in [0.25, 0.3) is 0 Å². The van der Waals surface area contributed by atoms with Crippen LogP contribution in [0.1, 0.15) is 36.3 Å². The molecule has 0 aliphatic heterocycles. The summed E-state index contributed by atoms with van der Waals surface area (Å²) in [4.78, 5) is 0. The highest BCUT2D eigenvalue weighted by molar-refractivity contribution is 5.28. The second kappa shape index (κ2) is 1.84. The maximum atomic E-state index is 5.17. The molecule has 1 aliphatic carbocycles. The highest BCUT2D eigenvalue weighted by Gasteiger charge is 2.25. The van der Waals surface area contributed by atoms with Crippen molar-refractivity contribution in [2.24, 2.45) is 0 Å². The van der Waals surface area contributed by atoms with Gasteiger partial charge in [0.2, 0.25) is 0 Å². The third-order valence-electron chi connectivity index (χ3n) is 2.29. The smallest absolute Gasteiger partial charge is 0.142 e. The van der Waals surface area contributed by atoms with Crippen molar-refractivity contribution < 1.29 is 4.52 Å². The highest BCUT2D eigenvalue weighted by atomic mass is 16.5. The second-order valence-corrected chi connectivity index (χ2v) is 3.05. The summed E-state index contributed by atoms with van der Waals surface area (Å²) in [5.74, 6) is 1.72. The largest absolute Gasteiger partial charge is 0.361 e. The molecule has 0 N–H and O–H groups in total. The zero-order valence-corrected chi connectivity index (χ0v) is 6.35. The van der Waals surface area contributed by atoms with E-state index in [1.807, 2.05) is 6.92 Å². The number of aryl methyl sites for hydroxylation is 1. The first kappa shape index (κ1) is 5.96. The molecule has 0 radical (unpaired) electrons. The highest BCUT2D eigenvalue weighted by Crippen LogP contribution is 2.33. The lowest BCUT2D eigenvalue weighted by molar-refractivity contribution is 0.365. The van der Waals surface area contributed by atoms with Gasteiger partial charge in [-0.05, 0) is 19.8 Å². The zero-order valence-electron chi connectivity index (χ0n) is 6.35. The Labute approximate surface area is 60.2 Å². The van der Waals surface area contributed by atoms with Crippen LogP contribution in [0.5, 0.6) is 0 Å². The second-order valence-electron chi connectivity index (χ2n) is 3.05. The summed E-state index contributed by atoms with van der Waals surface area (Å²) in [5, 5.41) is 3.91. The number of hydrogen-bond acceptors (Lipinski definition) is 2. The molecule has 2 nitrogen and oxygen atoms in total. The molecule has 0 aromatic carbocycles. The van der Waals surface area contributed by atoms with Crippen LogP contribution in [0.3, 0.4) is 0 Å². The normalized spacial score (nSPS) is 23.2. The van der Waals surface area contributed by atoms with Gasteiger partial charge in [-0.25, -0.2) is 0 Å². The Morgan fingerprint density at radius 3 is 3.10 bits per heavy atom. The Morgan fingerprint density at radius 2 is 2.40 bits per heavy atom. The van der Waals surface area contributed by atoms with Gasteiger partial charge in [-0.3, -0.25) is 0 Å². The predicted octanol–water partition coefficient (Wildman–Crippen LogP) is 2.03. The first-order valence-corrected chi connectivity index (χ1v) is 3.74. The standard InChI is InChI=1S/C8H11NO/c1-5-3-4-7-6(2)9-10-8(5)7/h5H,3-4H2,1-2H3. The Bertz CT molecular complexity index is 252. The molecule has 10 heavy (non-hydrogen) atoms. The van der Waals surface area contributed by atoms with Gasteiger partial charge in [-0.15, -0.1) is 0 Å². The van der Waals surface area contributed by atoms with Crippen molar-refractivity contribution in [2.75, 3.05) is 0 Å². The minimum atomic E-state index is 0.594. The first-order valence-electron chi connectivity index (χ1n) is 3.74. The molecule has 1 atom stereocenters. The van der Waals surface area contributed by atoms with Crippen molar-refractivity contribution in [2.45, 2.75) is 32.6 Å². The summed E-state index contributed by atoms with van der Waals surface area (Å²) in [6.07, 6.45) is 2.39. The average molecular weight is 137 g/mol. The van der Waals surface area contributed by atoms with Crippen molar-refractivity contribution in [3.05, 3.63) is 17.0 Å². The SMILES string of the molecule is Cc1noc2c1CCC2C. The maximum absolute atomic E-state index is 5.17. The molecular weight excluding hydrogens is 126 g/mol. The Hall–Kier alpha value is -0.790. The van der Waals surface area contributed by atoms with E-state index in [-0.39, 0.29) is 0 Å². The summed E-state index contributed by atoms with van der Waals surface area (Å²) < 4.78 is 5.17. The van der Waals surface area contributed by atoms with Crippen molar-refractivity contribution in [1.29, 1.82) is 0 Å². The van der Waals surface area contributed by atoms with Crippen LogP contribution in [0, 0.1) is 6.92 Å². The van der Waals surface area contributed by atoms with Crippen molar-refractivity contribution in [1.82, 2.24) is 5.16 Å². The van der Waals surface area contributed by atoms with E-state index < -0.39 is 0 Å². The van der Waals surface area contributed by atoms with Gasteiger partial charge >= 0.3 is 0 Å². The molecule has 1 aromatic heterocycles. The van der Waals surface area contributed by atoms with E-state index in [2.05, 4.69) is 12.1 Å². The molecule has 0 fully saturated rings. The number of rotatable bonds is 0. The summed E-state index contributed by atoms with van der Waals surface area (Å²) >= 11 is 0. The quantitative estimate of drug-likeness (QED) is 0.546. The Balaban J connectivity index is 2.53. The van der Waals surface area contributed by atoms with Gasteiger partial charge in [0.15, 0.2) is 0 Å². The lowest BCUT2D eigenvalue weighted by Gasteiger charge is -1.93. The van der Waals surface area contributed by atoms with Crippen LogP contribution < -0.4 is 0 Å². The fourth-order valence-electron chi connectivity index (χ4n) is 1.59. The van der Waals surface area contributed by atoms with Crippen LogP contribution in [0.15, 0.2) is 4.52 Å². The fourth-order valence-corrected chi connectivity index (χ4v) is 1.59. The van der Waals surface area contributed by atoms with Gasteiger partial charge in [0.1, 0.15) is 5.76 Å². The van der Waals surface area contributed by atoms with Crippen molar-refractivity contribution >= 4 is 0 Å². The van der Waals surface area contributed by atoms with Gasteiger partial charge in [0.25, 0.3) is 0 Å². The number of hydrogen-bond donors (Lipinski definition) is 0. The van der Waals surface area contributed by atoms with Crippen LogP contribution in [0.4, 0.5) is 0 Å². The third kappa shape index (κ3) is 0.618. The molecule has 0 amide bonds.